The maximum absolute atomic E-state index is 13.0. The zero-order chi connectivity index (χ0) is 23.7. The predicted molar refractivity (Wildman–Crippen MR) is 130 cm³/mol. The molecule has 1 amide bonds. The number of nitrogens with zero attached hydrogens (tertiary/aromatic N) is 5. The number of hydrogen-bond acceptors (Lipinski definition) is 6. The molecule has 3 heterocycles. The first-order valence-corrected chi connectivity index (χ1v) is 10.7. The van der Waals surface area contributed by atoms with Crippen molar-refractivity contribution >= 4 is 22.6 Å². The second kappa shape index (κ2) is 8.74. The molecule has 2 aromatic carbocycles. The van der Waals surface area contributed by atoms with Gasteiger partial charge in [-0.2, -0.15) is 10.1 Å². The summed E-state index contributed by atoms with van der Waals surface area (Å²) in [4.78, 5) is 26.3. The van der Waals surface area contributed by atoms with E-state index in [1.807, 2.05) is 69.4 Å². The molecule has 0 atom stereocenters. The third-order valence-electron chi connectivity index (χ3n) is 5.34. The van der Waals surface area contributed by atoms with Crippen LogP contribution in [0.15, 0.2) is 73.2 Å². The number of amides is 1. The number of pyridine rings is 1. The molecular formula is C26H22N6O2. The molecular weight excluding hydrogens is 428 g/mol. The molecule has 8 heteroatoms. The first kappa shape index (κ1) is 21.3. The van der Waals surface area contributed by atoms with Crippen LogP contribution in [0.3, 0.4) is 0 Å². The number of ether oxygens (including phenoxy) is 1. The molecule has 0 radical (unpaired) electrons. The summed E-state index contributed by atoms with van der Waals surface area (Å²) < 4.78 is 7.85. The van der Waals surface area contributed by atoms with E-state index in [0.717, 1.165) is 22.4 Å². The van der Waals surface area contributed by atoms with Crippen LogP contribution in [-0.4, -0.2) is 30.6 Å². The molecule has 0 aliphatic rings. The van der Waals surface area contributed by atoms with E-state index >= 15 is 0 Å². The minimum absolute atomic E-state index is 0.208. The molecule has 0 bridgehead atoms. The van der Waals surface area contributed by atoms with Crippen LogP contribution in [0, 0.1) is 13.8 Å². The number of carbonyl (C=O) groups excluding carboxylic acids is 1. The van der Waals surface area contributed by atoms with Crippen LogP contribution in [0.5, 0.6) is 11.6 Å². The molecule has 1 N–H and O–H groups in total. The molecule has 0 saturated heterocycles. The van der Waals surface area contributed by atoms with Gasteiger partial charge in [0.05, 0.1) is 0 Å². The predicted octanol–water partition coefficient (Wildman–Crippen LogP) is 5.09. The SMILES string of the molecule is Cc1cccc(NC(=O)c2cc(Oc3nc(-c4ccncc4)nc4nn(C)cc34)ccc2C)c1. The van der Waals surface area contributed by atoms with Crippen LogP contribution in [0.4, 0.5) is 5.69 Å². The molecule has 0 aliphatic heterocycles. The Hall–Kier alpha value is -4.59. The molecule has 0 aliphatic carbocycles. The number of aromatic nitrogens is 5. The van der Waals surface area contributed by atoms with Crippen molar-refractivity contribution in [2.24, 2.45) is 7.05 Å². The highest BCUT2D eigenvalue weighted by Gasteiger charge is 2.16. The maximum Gasteiger partial charge on any atom is 0.256 e. The van der Waals surface area contributed by atoms with E-state index < -0.39 is 0 Å². The monoisotopic (exact) mass is 450 g/mol. The number of carbonyl (C=O) groups is 1. The van der Waals surface area contributed by atoms with Gasteiger partial charge in [0.2, 0.25) is 5.88 Å². The Labute approximate surface area is 196 Å². The van der Waals surface area contributed by atoms with Crippen molar-refractivity contribution in [1.82, 2.24) is 24.7 Å². The van der Waals surface area contributed by atoms with Crippen LogP contribution in [0.2, 0.25) is 0 Å². The highest BCUT2D eigenvalue weighted by atomic mass is 16.5. The lowest BCUT2D eigenvalue weighted by molar-refractivity contribution is 0.102. The van der Waals surface area contributed by atoms with Gasteiger partial charge in [-0.3, -0.25) is 14.5 Å². The second-order valence-electron chi connectivity index (χ2n) is 8.03. The summed E-state index contributed by atoms with van der Waals surface area (Å²) in [5, 5.41) is 8.05. The normalized spacial score (nSPS) is 10.9. The molecule has 0 fully saturated rings. The first-order valence-electron chi connectivity index (χ1n) is 10.7. The summed E-state index contributed by atoms with van der Waals surface area (Å²) in [6, 6.07) is 16.7. The molecule has 0 unspecified atom stereocenters. The summed E-state index contributed by atoms with van der Waals surface area (Å²) in [6.07, 6.45) is 5.17. The Morgan fingerprint density at radius 1 is 1.00 bits per heavy atom. The van der Waals surface area contributed by atoms with Gasteiger partial charge < -0.3 is 10.1 Å². The van der Waals surface area contributed by atoms with E-state index in [4.69, 9.17) is 4.74 Å². The number of nitrogens with one attached hydrogen (secondary N) is 1. The summed E-state index contributed by atoms with van der Waals surface area (Å²) in [5.74, 6) is 1.12. The number of benzene rings is 2. The molecule has 3 aromatic heterocycles. The first-order chi connectivity index (χ1) is 16.5. The van der Waals surface area contributed by atoms with Crippen molar-refractivity contribution in [2.45, 2.75) is 13.8 Å². The molecule has 0 spiro atoms. The van der Waals surface area contributed by atoms with Crippen LogP contribution in [-0.2, 0) is 7.05 Å². The molecule has 5 aromatic rings. The van der Waals surface area contributed by atoms with Crippen molar-refractivity contribution in [2.75, 3.05) is 5.32 Å². The van der Waals surface area contributed by atoms with Crippen molar-refractivity contribution in [3.05, 3.63) is 89.9 Å². The van der Waals surface area contributed by atoms with Crippen LogP contribution in [0.1, 0.15) is 21.5 Å². The van der Waals surface area contributed by atoms with Crippen LogP contribution in [0.25, 0.3) is 22.4 Å². The minimum Gasteiger partial charge on any atom is -0.438 e. The van der Waals surface area contributed by atoms with Crippen LogP contribution < -0.4 is 10.1 Å². The number of aryl methyl sites for hydroxylation is 3. The van der Waals surface area contributed by atoms with Crippen molar-refractivity contribution in [1.29, 1.82) is 0 Å². The van der Waals surface area contributed by atoms with Gasteiger partial charge in [0, 0.05) is 42.5 Å². The molecule has 8 nitrogen and oxygen atoms in total. The second-order valence-corrected chi connectivity index (χ2v) is 8.03. The van der Waals surface area contributed by atoms with Crippen molar-refractivity contribution < 1.29 is 9.53 Å². The summed E-state index contributed by atoms with van der Waals surface area (Å²) in [7, 11) is 1.82. The fourth-order valence-corrected chi connectivity index (χ4v) is 3.64. The number of rotatable bonds is 5. The van der Waals surface area contributed by atoms with E-state index in [0.29, 0.717) is 34.1 Å². The number of hydrogen-bond donors (Lipinski definition) is 1. The highest BCUT2D eigenvalue weighted by Crippen LogP contribution is 2.30. The molecule has 34 heavy (non-hydrogen) atoms. The highest BCUT2D eigenvalue weighted by molar-refractivity contribution is 6.05. The van der Waals surface area contributed by atoms with Crippen LogP contribution >= 0.6 is 0 Å². The Morgan fingerprint density at radius 2 is 1.82 bits per heavy atom. The summed E-state index contributed by atoms with van der Waals surface area (Å²) in [6.45, 7) is 3.87. The maximum atomic E-state index is 13.0. The number of anilines is 1. The lowest BCUT2D eigenvalue weighted by atomic mass is 10.1. The average Bonchev–Trinajstić information content (AvgIpc) is 3.21. The fraction of sp³-hybridized carbons (Fsp3) is 0.115. The van der Waals surface area contributed by atoms with Crippen molar-refractivity contribution in [3.63, 3.8) is 0 Å². The van der Waals surface area contributed by atoms with Gasteiger partial charge in [-0.25, -0.2) is 4.98 Å². The molecule has 5 rings (SSSR count). The smallest absolute Gasteiger partial charge is 0.256 e. The third-order valence-corrected chi connectivity index (χ3v) is 5.34. The average molecular weight is 451 g/mol. The minimum atomic E-state index is -0.208. The lowest BCUT2D eigenvalue weighted by Crippen LogP contribution is -2.13. The molecule has 0 saturated carbocycles. The van der Waals surface area contributed by atoms with Gasteiger partial charge in [-0.1, -0.05) is 18.2 Å². The van der Waals surface area contributed by atoms with Gasteiger partial charge in [0.15, 0.2) is 11.5 Å². The van der Waals surface area contributed by atoms with Gasteiger partial charge in [-0.15, -0.1) is 0 Å². The van der Waals surface area contributed by atoms with Crippen molar-refractivity contribution in [3.8, 4) is 23.0 Å². The fourth-order valence-electron chi connectivity index (χ4n) is 3.64. The van der Waals surface area contributed by atoms with E-state index in [-0.39, 0.29) is 5.91 Å². The lowest BCUT2D eigenvalue weighted by Gasteiger charge is -2.12. The third kappa shape index (κ3) is 4.33. The van der Waals surface area contributed by atoms with Gasteiger partial charge in [-0.05, 0) is 61.4 Å². The Morgan fingerprint density at radius 3 is 2.62 bits per heavy atom. The Kier molecular flexibility index (Phi) is 5.47. The van der Waals surface area contributed by atoms with Gasteiger partial charge in [0.25, 0.3) is 5.91 Å². The van der Waals surface area contributed by atoms with E-state index in [9.17, 15) is 4.79 Å². The zero-order valence-electron chi connectivity index (χ0n) is 19.0. The van der Waals surface area contributed by atoms with Gasteiger partial charge in [0.1, 0.15) is 11.1 Å². The topological polar surface area (TPSA) is 94.8 Å². The summed E-state index contributed by atoms with van der Waals surface area (Å²) >= 11 is 0. The largest absolute Gasteiger partial charge is 0.438 e. The molecule has 168 valence electrons. The standard InChI is InChI=1S/C26H22N6O2/c1-16-5-4-6-19(13-16)28-25(33)21-14-20(8-7-17(21)2)34-26-22-15-32(3)31-24(22)29-23(30-26)18-9-11-27-12-10-18/h4-15H,1-3H3,(H,28,33). The van der Waals surface area contributed by atoms with E-state index in [1.165, 1.54) is 0 Å². The van der Waals surface area contributed by atoms with E-state index in [2.05, 4.69) is 25.4 Å². The quantitative estimate of drug-likeness (QED) is 0.401. The Bertz CT molecular complexity index is 1510. The van der Waals surface area contributed by atoms with E-state index in [1.54, 1.807) is 29.3 Å². The summed E-state index contributed by atoms with van der Waals surface area (Å²) in [5.41, 5.74) is 4.49. The Balaban J connectivity index is 1.50. The zero-order valence-corrected chi connectivity index (χ0v) is 19.0. The number of fused-ring (bicyclic) bond motifs is 1. The van der Waals surface area contributed by atoms with Gasteiger partial charge >= 0.3 is 0 Å².